The number of hydrogen-bond donors (Lipinski definition) is 0. The summed E-state index contributed by atoms with van der Waals surface area (Å²) in [4.78, 5) is 12.0. The number of allylic oxidation sites excluding steroid dienone is 2. The summed E-state index contributed by atoms with van der Waals surface area (Å²) in [5.74, 6) is -1.10. The molecule has 0 amide bonds. The van der Waals surface area contributed by atoms with Gasteiger partial charge in [0.25, 0.3) is 0 Å². The lowest BCUT2D eigenvalue weighted by molar-refractivity contribution is -0.115. The number of benzene rings is 1. The molecular weight excluding hydrogens is 234 g/mol. The Morgan fingerprint density at radius 3 is 2.83 bits per heavy atom. The molecule has 0 heterocycles. The molecule has 0 unspecified atom stereocenters. The number of halogens is 2. The molecule has 3 heteroatoms. The summed E-state index contributed by atoms with van der Waals surface area (Å²) in [6.07, 6.45) is 6.81. The summed E-state index contributed by atoms with van der Waals surface area (Å²) < 4.78 is 26.5. The van der Waals surface area contributed by atoms with Gasteiger partial charge in [0.1, 0.15) is 11.6 Å². The van der Waals surface area contributed by atoms with Crippen LogP contribution in [0.4, 0.5) is 8.78 Å². The van der Waals surface area contributed by atoms with Crippen molar-refractivity contribution in [3.8, 4) is 0 Å². The highest BCUT2D eigenvalue weighted by Gasteiger charge is 2.14. The van der Waals surface area contributed by atoms with Crippen molar-refractivity contribution in [1.82, 2.24) is 0 Å². The summed E-state index contributed by atoms with van der Waals surface area (Å²) in [7, 11) is 0. The van der Waals surface area contributed by atoms with Gasteiger partial charge in [0.15, 0.2) is 5.78 Å². The molecular formula is C15H16F2O. The molecule has 1 aliphatic carbocycles. The van der Waals surface area contributed by atoms with Gasteiger partial charge >= 0.3 is 0 Å². The molecule has 0 saturated heterocycles. The quantitative estimate of drug-likeness (QED) is 0.793. The highest BCUT2D eigenvalue weighted by Crippen LogP contribution is 2.20. The van der Waals surface area contributed by atoms with E-state index < -0.39 is 11.6 Å². The average Bonchev–Trinajstić information content (AvgIpc) is 2.62. The van der Waals surface area contributed by atoms with Crippen LogP contribution in [0.2, 0.25) is 0 Å². The predicted octanol–water partition coefficient (Wildman–Crippen LogP) is 3.97. The first-order valence-corrected chi connectivity index (χ1v) is 6.33. The molecule has 0 atom stereocenters. The van der Waals surface area contributed by atoms with E-state index in [1.165, 1.54) is 0 Å². The van der Waals surface area contributed by atoms with Gasteiger partial charge in [-0.3, -0.25) is 4.79 Å². The van der Waals surface area contributed by atoms with E-state index in [9.17, 15) is 13.6 Å². The van der Waals surface area contributed by atoms with E-state index in [4.69, 9.17) is 0 Å². The molecule has 2 rings (SSSR count). The van der Waals surface area contributed by atoms with Crippen LogP contribution in [0.5, 0.6) is 0 Å². The van der Waals surface area contributed by atoms with Crippen LogP contribution in [0, 0.1) is 11.6 Å². The van der Waals surface area contributed by atoms with Gasteiger partial charge in [0.05, 0.1) is 0 Å². The molecule has 0 spiro atoms. The normalized spacial score (nSPS) is 16.0. The summed E-state index contributed by atoms with van der Waals surface area (Å²) in [5, 5.41) is 0. The van der Waals surface area contributed by atoms with Gasteiger partial charge in [-0.1, -0.05) is 12.5 Å². The number of Topliss-reactive ketones (excluding diaryl/α,β-unsaturated/α-hetero) is 1. The standard InChI is InChI=1S/C15H16F2O/c16-13-7-8-14(17)12(9-13)10-15(18)11-5-3-1-2-4-6-11/h5,7-9H,1-4,6,10H2. The fraction of sp³-hybridized carbons (Fsp3) is 0.400. The smallest absolute Gasteiger partial charge is 0.163 e. The summed E-state index contributed by atoms with van der Waals surface area (Å²) in [6, 6.07) is 3.23. The Hall–Kier alpha value is -1.51. The topological polar surface area (TPSA) is 17.1 Å². The zero-order chi connectivity index (χ0) is 13.0. The first kappa shape index (κ1) is 12.9. The molecule has 96 valence electrons. The van der Waals surface area contributed by atoms with E-state index >= 15 is 0 Å². The molecule has 1 aromatic rings. The first-order chi connectivity index (χ1) is 8.66. The Balaban J connectivity index is 2.10. The van der Waals surface area contributed by atoms with Crippen LogP contribution in [0.1, 0.15) is 37.7 Å². The number of rotatable bonds is 3. The minimum atomic E-state index is -0.515. The number of hydrogen-bond acceptors (Lipinski definition) is 1. The minimum Gasteiger partial charge on any atom is -0.294 e. The molecule has 0 radical (unpaired) electrons. The fourth-order valence-electron chi connectivity index (χ4n) is 2.23. The highest BCUT2D eigenvalue weighted by molar-refractivity contribution is 5.96. The van der Waals surface area contributed by atoms with E-state index in [0.717, 1.165) is 55.9 Å². The highest BCUT2D eigenvalue weighted by atomic mass is 19.1. The van der Waals surface area contributed by atoms with Crippen molar-refractivity contribution >= 4 is 5.78 Å². The van der Waals surface area contributed by atoms with Gasteiger partial charge in [-0.25, -0.2) is 8.78 Å². The number of carbonyl (C=O) groups is 1. The van der Waals surface area contributed by atoms with Crippen LogP contribution >= 0.6 is 0 Å². The minimum absolute atomic E-state index is 0.0462. The maximum Gasteiger partial charge on any atom is 0.163 e. The van der Waals surface area contributed by atoms with Gasteiger partial charge in [-0.05, 0) is 55.0 Å². The monoisotopic (exact) mass is 250 g/mol. The van der Waals surface area contributed by atoms with E-state index in [-0.39, 0.29) is 17.8 Å². The summed E-state index contributed by atoms with van der Waals surface area (Å²) in [5.41, 5.74) is 0.918. The lowest BCUT2D eigenvalue weighted by atomic mass is 9.99. The van der Waals surface area contributed by atoms with Gasteiger partial charge in [-0.15, -0.1) is 0 Å². The second-order valence-corrected chi connectivity index (χ2v) is 4.66. The Labute approximate surface area is 106 Å². The SMILES string of the molecule is O=C(Cc1cc(F)ccc1F)C1=CCCCCC1. The average molecular weight is 250 g/mol. The summed E-state index contributed by atoms with van der Waals surface area (Å²) >= 11 is 0. The molecule has 0 bridgehead atoms. The van der Waals surface area contributed by atoms with Crippen molar-refractivity contribution in [1.29, 1.82) is 0 Å². The van der Waals surface area contributed by atoms with Crippen LogP contribution in [-0.2, 0) is 11.2 Å². The number of carbonyl (C=O) groups excluding carboxylic acids is 1. The lowest BCUT2D eigenvalue weighted by Crippen LogP contribution is -2.08. The third-order valence-corrected chi connectivity index (χ3v) is 3.26. The van der Waals surface area contributed by atoms with Crippen molar-refractivity contribution in [3.63, 3.8) is 0 Å². The molecule has 1 nitrogen and oxygen atoms in total. The Kier molecular flexibility index (Phi) is 4.24. The van der Waals surface area contributed by atoms with E-state index in [1.54, 1.807) is 0 Å². The zero-order valence-corrected chi connectivity index (χ0v) is 10.2. The van der Waals surface area contributed by atoms with Crippen molar-refractivity contribution in [2.45, 2.75) is 38.5 Å². The fourth-order valence-corrected chi connectivity index (χ4v) is 2.23. The van der Waals surface area contributed by atoms with Gasteiger partial charge in [0.2, 0.25) is 0 Å². The van der Waals surface area contributed by atoms with E-state index in [2.05, 4.69) is 0 Å². The third kappa shape index (κ3) is 3.25. The maximum absolute atomic E-state index is 13.4. The van der Waals surface area contributed by atoms with Crippen LogP contribution in [0.3, 0.4) is 0 Å². The second kappa shape index (κ2) is 5.89. The molecule has 1 aromatic carbocycles. The molecule has 0 aromatic heterocycles. The molecule has 0 saturated carbocycles. The Morgan fingerprint density at radius 1 is 1.17 bits per heavy atom. The second-order valence-electron chi connectivity index (χ2n) is 4.66. The van der Waals surface area contributed by atoms with Crippen molar-refractivity contribution in [3.05, 3.63) is 47.0 Å². The van der Waals surface area contributed by atoms with Gasteiger partial charge in [-0.2, -0.15) is 0 Å². The van der Waals surface area contributed by atoms with Gasteiger partial charge in [0, 0.05) is 6.42 Å². The zero-order valence-electron chi connectivity index (χ0n) is 10.2. The van der Waals surface area contributed by atoms with Crippen LogP contribution < -0.4 is 0 Å². The third-order valence-electron chi connectivity index (χ3n) is 3.26. The van der Waals surface area contributed by atoms with E-state index in [1.807, 2.05) is 6.08 Å². The first-order valence-electron chi connectivity index (χ1n) is 6.33. The Bertz CT molecular complexity index is 477. The van der Waals surface area contributed by atoms with Crippen LogP contribution in [-0.4, -0.2) is 5.78 Å². The van der Waals surface area contributed by atoms with Crippen LogP contribution in [0.25, 0.3) is 0 Å². The van der Waals surface area contributed by atoms with Crippen molar-refractivity contribution in [2.24, 2.45) is 0 Å². The summed E-state index contributed by atoms with van der Waals surface area (Å²) in [6.45, 7) is 0. The largest absolute Gasteiger partial charge is 0.294 e. The Morgan fingerprint density at radius 2 is 2.00 bits per heavy atom. The molecule has 18 heavy (non-hydrogen) atoms. The molecule has 0 fully saturated rings. The predicted molar refractivity (Wildman–Crippen MR) is 66.2 cm³/mol. The molecule has 1 aliphatic rings. The maximum atomic E-state index is 13.4. The van der Waals surface area contributed by atoms with Crippen molar-refractivity contribution < 1.29 is 13.6 Å². The van der Waals surface area contributed by atoms with Crippen molar-refractivity contribution in [2.75, 3.05) is 0 Å². The van der Waals surface area contributed by atoms with Gasteiger partial charge < -0.3 is 0 Å². The number of ketones is 1. The van der Waals surface area contributed by atoms with E-state index in [0.29, 0.717) is 0 Å². The molecule has 0 aliphatic heterocycles. The lowest BCUT2D eigenvalue weighted by Gasteiger charge is -2.06. The molecule has 0 N–H and O–H groups in total. The van der Waals surface area contributed by atoms with Crippen LogP contribution in [0.15, 0.2) is 29.8 Å².